The molecule has 3 N–H and O–H groups in total. The Morgan fingerprint density at radius 1 is 1.14 bits per heavy atom. The molecular formula is C16H22N2O3. The number of nitrogens with zero attached hydrogens (tertiary/aromatic N) is 1. The molecule has 0 atom stereocenters. The Hall–Kier alpha value is -1.88. The van der Waals surface area contributed by atoms with Gasteiger partial charge in [-0.05, 0) is 51.0 Å². The van der Waals surface area contributed by atoms with Gasteiger partial charge in [-0.15, -0.1) is 0 Å². The fourth-order valence-electron chi connectivity index (χ4n) is 2.34. The minimum atomic E-state index is -0.953. The first-order valence-corrected chi connectivity index (χ1v) is 6.97. The SMILES string of the molecule is CC(C)(N)C(C)(C)C(=O)N1Cc2ccc(C(=O)O)cc2C1. The zero-order valence-electron chi connectivity index (χ0n) is 12.9. The number of benzene rings is 1. The van der Waals surface area contributed by atoms with E-state index in [0.29, 0.717) is 13.1 Å². The maximum absolute atomic E-state index is 12.7. The lowest BCUT2D eigenvalue weighted by Crippen LogP contribution is -2.55. The number of rotatable bonds is 3. The first-order chi connectivity index (χ1) is 9.54. The van der Waals surface area contributed by atoms with Gasteiger partial charge in [0.05, 0.1) is 11.0 Å². The minimum Gasteiger partial charge on any atom is -0.478 e. The van der Waals surface area contributed by atoms with Crippen molar-refractivity contribution < 1.29 is 14.7 Å². The van der Waals surface area contributed by atoms with Crippen molar-refractivity contribution in [2.75, 3.05) is 0 Å². The molecule has 1 heterocycles. The third-order valence-corrected chi connectivity index (χ3v) is 4.61. The minimum absolute atomic E-state index is 0.0110. The molecule has 0 spiro atoms. The van der Waals surface area contributed by atoms with E-state index in [1.165, 1.54) is 0 Å². The van der Waals surface area contributed by atoms with Crippen LogP contribution < -0.4 is 5.73 Å². The lowest BCUT2D eigenvalue weighted by atomic mass is 9.74. The quantitative estimate of drug-likeness (QED) is 0.891. The summed E-state index contributed by atoms with van der Waals surface area (Å²) in [6.07, 6.45) is 0. The number of aromatic carboxylic acids is 1. The zero-order chi connectivity index (χ0) is 16.0. The number of hydrogen-bond acceptors (Lipinski definition) is 3. The summed E-state index contributed by atoms with van der Waals surface area (Å²) in [7, 11) is 0. The average molecular weight is 290 g/mol. The van der Waals surface area contributed by atoms with Crippen LogP contribution in [0.25, 0.3) is 0 Å². The van der Waals surface area contributed by atoms with E-state index in [-0.39, 0.29) is 11.5 Å². The third-order valence-electron chi connectivity index (χ3n) is 4.61. The third kappa shape index (κ3) is 2.65. The van der Waals surface area contributed by atoms with Gasteiger partial charge in [0, 0.05) is 18.6 Å². The summed E-state index contributed by atoms with van der Waals surface area (Å²) in [6, 6.07) is 5.01. The molecule has 0 saturated carbocycles. The lowest BCUT2D eigenvalue weighted by molar-refractivity contribution is -0.144. The monoisotopic (exact) mass is 290 g/mol. The molecular weight excluding hydrogens is 268 g/mol. The van der Waals surface area contributed by atoms with Crippen LogP contribution in [0.2, 0.25) is 0 Å². The van der Waals surface area contributed by atoms with Gasteiger partial charge in [0.15, 0.2) is 0 Å². The largest absolute Gasteiger partial charge is 0.478 e. The van der Waals surface area contributed by atoms with Crippen LogP contribution >= 0.6 is 0 Å². The zero-order valence-corrected chi connectivity index (χ0v) is 12.9. The average Bonchev–Trinajstić information content (AvgIpc) is 2.78. The number of amides is 1. The van der Waals surface area contributed by atoms with E-state index in [2.05, 4.69) is 0 Å². The van der Waals surface area contributed by atoms with Crippen LogP contribution in [0.3, 0.4) is 0 Å². The van der Waals surface area contributed by atoms with Crippen molar-refractivity contribution in [2.24, 2.45) is 11.1 Å². The van der Waals surface area contributed by atoms with Gasteiger partial charge < -0.3 is 15.7 Å². The van der Waals surface area contributed by atoms with Crippen LogP contribution in [0.4, 0.5) is 0 Å². The molecule has 5 nitrogen and oxygen atoms in total. The standard InChI is InChI=1S/C16H22N2O3/c1-15(2,16(3,4)17)14(21)18-8-11-6-5-10(13(19)20)7-12(11)9-18/h5-7H,8-9,17H2,1-4H3,(H,19,20). The predicted octanol–water partition coefficient (Wildman–Crippen LogP) is 1.99. The number of carbonyl (C=O) groups is 2. The Morgan fingerprint density at radius 2 is 1.71 bits per heavy atom. The maximum atomic E-state index is 12.7. The van der Waals surface area contributed by atoms with Crippen molar-refractivity contribution in [3.63, 3.8) is 0 Å². The fraction of sp³-hybridized carbons (Fsp3) is 0.500. The van der Waals surface area contributed by atoms with Crippen molar-refractivity contribution in [1.82, 2.24) is 4.90 Å². The molecule has 5 heteroatoms. The summed E-state index contributed by atoms with van der Waals surface area (Å²) in [4.78, 5) is 25.5. The number of fused-ring (bicyclic) bond motifs is 1. The van der Waals surface area contributed by atoms with Crippen LogP contribution in [0, 0.1) is 5.41 Å². The molecule has 1 aromatic carbocycles. The summed E-state index contributed by atoms with van der Waals surface area (Å²) in [5.74, 6) is -0.964. The topological polar surface area (TPSA) is 83.6 Å². The number of carbonyl (C=O) groups excluding carboxylic acids is 1. The van der Waals surface area contributed by atoms with Crippen molar-refractivity contribution >= 4 is 11.9 Å². The molecule has 21 heavy (non-hydrogen) atoms. The number of hydrogen-bond donors (Lipinski definition) is 2. The van der Waals surface area contributed by atoms with E-state index in [1.54, 1.807) is 23.1 Å². The Bertz CT molecular complexity index is 600. The Kier molecular flexibility index (Phi) is 3.58. The molecule has 0 saturated heterocycles. The molecule has 0 bridgehead atoms. The van der Waals surface area contributed by atoms with Gasteiger partial charge >= 0.3 is 5.97 Å². The molecule has 1 aliphatic heterocycles. The van der Waals surface area contributed by atoms with Gasteiger partial charge in [-0.1, -0.05) is 6.07 Å². The molecule has 0 aliphatic carbocycles. The van der Waals surface area contributed by atoms with E-state index < -0.39 is 16.9 Å². The second kappa shape index (κ2) is 4.84. The van der Waals surface area contributed by atoms with Crippen LogP contribution in [0.1, 0.15) is 49.2 Å². The number of carboxylic acid groups (broad SMARTS) is 1. The first-order valence-electron chi connectivity index (χ1n) is 6.97. The predicted molar refractivity (Wildman–Crippen MR) is 79.7 cm³/mol. The summed E-state index contributed by atoms with van der Waals surface area (Å²) in [5.41, 5.74) is 6.95. The van der Waals surface area contributed by atoms with Gasteiger partial charge in [0.2, 0.25) is 5.91 Å². The molecule has 1 aliphatic rings. The number of nitrogens with two attached hydrogens (primary N) is 1. The van der Waals surface area contributed by atoms with E-state index in [4.69, 9.17) is 10.8 Å². The highest BCUT2D eigenvalue weighted by atomic mass is 16.4. The van der Waals surface area contributed by atoms with Crippen molar-refractivity contribution in [1.29, 1.82) is 0 Å². The summed E-state index contributed by atoms with van der Waals surface area (Å²) in [6.45, 7) is 8.33. The van der Waals surface area contributed by atoms with Crippen molar-refractivity contribution in [2.45, 2.75) is 46.3 Å². The second-order valence-corrected chi connectivity index (χ2v) is 6.80. The van der Waals surface area contributed by atoms with Gasteiger partial charge in [0.1, 0.15) is 0 Å². The summed E-state index contributed by atoms with van der Waals surface area (Å²) < 4.78 is 0. The maximum Gasteiger partial charge on any atom is 0.335 e. The Labute approximate surface area is 124 Å². The van der Waals surface area contributed by atoms with Crippen LogP contribution in [0.5, 0.6) is 0 Å². The second-order valence-electron chi connectivity index (χ2n) is 6.80. The van der Waals surface area contributed by atoms with Gasteiger partial charge in [-0.3, -0.25) is 4.79 Å². The van der Waals surface area contributed by atoms with Crippen LogP contribution in [-0.2, 0) is 17.9 Å². The molecule has 0 aromatic heterocycles. The van der Waals surface area contributed by atoms with E-state index in [9.17, 15) is 9.59 Å². The first kappa shape index (κ1) is 15.5. The van der Waals surface area contributed by atoms with E-state index in [0.717, 1.165) is 11.1 Å². The van der Waals surface area contributed by atoms with E-state index >= 15 is 0 Å². The number of carboxylic acids is 1. The normalized spacial score (nSPS) is 15.0. The highest BCUT2D eigenvalue weighted by Gasteiger charge is 2.43. The molecule has 1 amide bonds. The highest BCUT2D eigenvalue weighted by molar-refractivity contribution is 5.88. The summed E-state index contributed by atoms with van der Waals surface area (Å²) >= 11 is 0. The lowest BCUT2D eigenvalue weighted by Gasteiger charge is -2.39. The molecule has 0 unspecified atom stereocenters. The van der Waals surface area contributed by atoms with Gasteiger partial charge in [-0.2, -0.15) is 0 Å². The smallest absolute Gasteiger partial charge is 0.335 e. The molecule has 2 rings (SSSR count). The molecule has 1 aromatic rings. The molecule has 114 valence electrons. The van der Waals surface area contributed by atoms with E-state index in [1.807, 2.05) is 27.7 Å². The Balaban J connectivity index is 2.24. The van der Waals surface area contributed by atoms with Crippen LogP contribution in [0.15, 0.2) is 18.2 Å². The fourth-order valence-corrected chi connectivity index (χ4v) is 2.34. The van der Waals surface area contributed by atoms with Crippen molar-refractivity contribution in [3.8, 4) is 0 Å². The summed E-state index contributed by atoms with van der Waals surface area (Å²) in [5, 5.41) is 9.03. The van der Waals surface area contributed by atoms with Gasteiger partial charge in [-0.25, -0.2) is 4.79 Å². The van der Waals surface area contributed by atoms with Crippen LogP contribution in [-0.4, -0.2) is 27.4 Å². The highest BCUT2D eigenvalue weighted by Crippen LogP contribution is 2.34. The molecule has 0 radical (unpaired) electrons. The Morgan fingerprint density at radius 3 is 2.24 bits per heavy atom. The van der Waals surface area contributed by atoms with Crippen molar-refractivity contribution in [3.05, 3.63) is 34.9 Å². The van der Waals surface area contributed by atoms with Gasteiger partial charge in [0.25, 0.3) is 0 Å². The molecule has 0 fully saturated rings.